The number of hydrogen-bond acceptors (Lipinski definition) is 4. The minimum atomic E-state index is -0.446. The Labute approximate surface area is 115 Å². The Morgan fingerprint density at radius 1 is 1.21 bits per heavy atom. The summed E-state index contributed by atoms with van der Waals surface area (Å²) in [7, 11) is 1.63. The maximum Gasteiger partial charge on any atom is 0.189 e. The van der Waals surface area contributed by atoms with E-state index in [4.69, 9.17) is 14.2 Å². The van der Waals surface area contributed by atoms with Crippen molar-refractivity contribution in [2.45, 2.75) is 26.4 Å². The van der Waals surface area contributed by atoms with Gasteiger partial charge in [0.1, 0.15) is 5.75 Å². The van der Waals surface area contributed by atoms with Crippen LogP contribution in [-0.2, 0) is 9.47 Å². The summed E-state index contributed by atoms with van der Waals surface area (Å²) >= 11 is 0. The van der Waals surface area contributed by atoms with Crippen molar-refractivity contribution in [3.05, 3.63) is 29.8 Å². The van der Waals surface area contributed by atoms with Gasteiger partial charge in [0.2, 0.25) is 0 Å². The molecule has 1 rings (SSSR count). The molecule has 0 saturated carbocycles. The molecular weight excluding hydrogens is 244 g/mol. The van der Waals surface area contributed by atoms with Gasteiger partial charge >= 0.3 is 0 Å². The zero-order valence-corrected chi connectivity index (χ0v) is 12.0. The van der Waals surface area contributed by atoms with E-state index in [2.05, 4.69) is 13.8 Å². The molecule has 0 unspecified atom stereocenters. The van der Waals surface area contributed by atoms with Crippen LogP contribution in [0.2, 0.25) is 0 Å². The Balaban J connectivity index is 2.43. The van der Waals surface area contributed by atoms with Crippen molar-refractivity contribution in [2.24, 2.45) is 5.92 Å². The molecule has 0 radical (unpaired) electrons. The molecule has 0 aliphatic rings. The van der Waals surface area contributed by atoms with Crippen LogP contribution < -0.4 is 4.74 Å². The summed E-state index contributed by atoms with van der Waals surface area (Å²) in [5.74, 6) is 1.16. The molecule has 1 N–H and O–H groups in total. The first-order valence-corrected chi connectivity index (χ1v) is 6.61. The van der Waals surface area contributed by atoms with Crippen LogP contribution in [0.5, 0.6) is 5.75 Å². The van der Waals surface area contributed by atoms with E-state index in [1.807, 2.05) is 24.3 Å². The second kappa shape index (κ2) is 8.91. The van der Waals surface area contributed by atoms with E-state index in [0.717, 1.165) is 12.0 Å². The van der Waals surface area contributed by atoms with Crippen molar-refractivity contribution in [2.75, 3.05) is 27.1 Å². The van der Waals surface area contributed by atoms with E-state index in [1.165, 1.54) is 0 Å². The van der Waals surface area contributed by atoms with E-state index in [0.29, 0.717) is 24.9 Å². The van der Waals surface area contributed by atoms with Crippen LogP contribution in [0.15, 0.2) is 24.3 Å². The minimum absolute atomic E-state index is 0.188. The number of aliphatic hydroxyl groups is 1. The molecule has 0 aliphatic heterocycles. The highest BCUT2D eigenvalue weighted by Crippen LogP contribution is 2.24. The Morgan fingerprint density at radius 3 is 2.68 bits per heavy atom. The van der Waals surface area contributed by atoms with Crippen LogP contribution in [0.3, 0.4) is 0 Å². The third-order valence-corrected chi connectivity index (χ3v) is 2.68. The van der Waals surface area contributed by atoms with Crippen LogP contribution >= 0.6 is 0 Å². The molecular formula is C15H24O4. The fraction of sp³-hybridized carbons (Fsp3) is 0.600. The van der Waals surface area contributed by atoms with Crippen LogP contribution in [0.1, 0.15) is 31.9 Å². The van der Waals surface area contributed by atoms with E-state index >= 15 is 0 Å². The molecule has 0 saturated heterocycles. The maximum absolute atomic E-state index is 10.1. The fourth-order valence-corrected chi connectivity index (χ4v) is 1.71. The zero-order chi connectivity index (χ0) is 14.1. The largest absolute Gasteiger partial charge is 0.468 e. The van der Waals surface area contributed by atoms with Gasteiger partial charge in [-0.2, -0.15) is 0 Å². The molecule has 0 heterocycles. The average Bonchev–Trinajstić information content (AvgIpc) is 2.38. The Kier molecular flexibility index (Phi) is 7.48. The molecule has 1 aromatic carbocycles. The third kappa shape index (κ3) is 6.57. The topological polar surface area (TPSA) is 47.9 Å². The maximum atomic E-state index is 10.1. The van der Waals surface area contributed by atoms with E-state index in [-0.39, 0.29) is 6.79 Å². The Bertz CT molecular complexity index is 352. The number of hydrogen-bond donors (Lipinski definition) is 1. The highest BCUT2D eigenvalue weighted by Gasteiger charge is 2.10. The van der Waals surface area contributed by atoms with Gasteiger partial charge in [0.25, 0.3) is 0 Å². The van der Waals surface area contributed by atoms with Gasteiger partial charge < -0.3 is 19.3 Å². The minimum Gasteiger partial charge on any atom is -0.468 e. The van der Waals surface area contributed by atoms with Crippen molar-refractivity contribution in [1.29, 1.82) is 0 Å². The van der Waals surface area contributed by atoms with Crippen LogP contribution in [0.4, 0.5) is 0 Å². The van der Waals surface area contributed by atoms with Gasteiger partial charge in [-0.25, -0.2) is 0 Å². The number of ether oxygens (including phenoxy) is 3. The third-order valence-electron chi connectivity index (χ3n) is 2.68. The fourth-order valence-electron chi connectivity index (χ4n) is 1.71. The van der Waals surface area contributed by atoms with E-state index in [9.17, 15) is 5.11 Å². The van der Waals surface area contributed by atoms with Gasteiger partial charge in [-0.3, -0.25) is 0 Å². The SMILES string of the molecule is COCCOCOc1cccc([C@H](O)CC(C)C)c1. The molecule has 19 heavy (non-hydrogen) atoms. The number of methoxy groups -OCH3 is 1. The molecule has 1 atom stereocenters. The molecule has 0 aliphatic carbocycles. The predicted octanol–water partition coefficient (Wildman–Crippen LogP) is 2.77. The number of rotatable bonds is 9. The molecule has 1 aromatic rings. The molecule has 0 fully saturated rings. The smallest absolute Gasteiger partial charge is 0.189 e. The van der Waals surface area contributed by atoms with Gasteiger partial charge in [-0.1, -0.05) is 26.0 Å². The lowest BCUT2D eigenvalue weighted by Gasteiger charge is -2.14. The molecule has 0 spiro atoms. The van der Waals surface area contributed by atoms with Crippen molar-refractivity contribution in [3.8, 4) is 5.75 Å². The number of aliphatic hydroxyl groups excluding tert-OH is 1. The zero-order valence-electron chi connectivity index (χ0n) is 12.0. The summed E-state index contributed by atoms with van der Waals surface area (Å²) < 4.78 is 15.6. The Hall–Kier alpha value is -1.10. The molecule has 4 heteroatoms. The van der Waals surface area contributed by atoms with Crippen molar-refractivity contribution in [1.82, 2.24) is 0 Å². The van der Waals surface area contributed by atoms with Gasteiger partial charge in [-0.15, -0.1) is 0 Å². The first-order chi connectivity index (χ1) is 9.13. The van der Waals surface area contributed by atoms with E-state index in [1.54, 1.807) is 7.11 Å². The lowest BCUT2D eigenvalue weighted by molar-refractivity contribution is -0.00859. The highest BCUT2D eigenvalue weighted by molar-refractivity contribution is 5.29. The van der Waals surface area contributed by atoms with Crippen molar-refractivity contribution < 1.29 is 19.3 Å². The summed E-state index contributed by atoms with van der Waals surface area (Å²) in [4.78, 5) is 0. The first kappa shape index (κ1) is 16.0. The van der Waals surface area contributed by atoms with E-state index < -0.39 is 6.10 Å². The van der Waals surface area contributed by atoms with Gasteiger partial charge in [0.05, 0.1) is 19.3 Å². The standard InChI is InChI=1S/C15H24O4/c1-12(2)9-15(16)13-5-4-6-14(10-13)19-11-18-8-7-17-3/h4-6,10,12,15-16H,7-9,11H2,1-3H3/t15-/m1/s1. The number of benzene rings is 1. The predicted molar refractivity (Wildman–Crippen MR) is 74.2 cm³/mol. The molecule has 0 amide bonds. The second-order valence-electron chi connectivity index (χ2n) is 4.88. The monoisotopic (exact) mass is 268 g/mol. The molecule has 4 nitrogen and oxygen atoms in total. The Morgan fingerprint density at radius 2 is 2.00 bits per heavy atom. The molecule has 108 valence electrons. The summed E-state index contributed by atoms with van der Waals surface area (Å²) in [5.41, 5.74) is 0.878. The summed E-state index contributed by atoms with van der Waals surface area (Å²) in [5, 5.41) is 10.1. The van der Waals surface area contributed by atoms with Crippen LogP contribution in [0.25, 0.3) is 0 Å². The van der Waals surface area contributed by atoms with Crippen molar-refractivity contribution >= 4 is 0 Å². The molecule has 0 bridgehead atoms. The first-order valence-electron chi connectivity index (χ1n) is 6.61. The second-order valence-corrected chi connectivity index (χ2v) is 4.88. The summed E-state index contributed by atoms with van der Waals surface area (Å²) in [6, 6.07) is 7.49. The van der Waals surface area contributed by atoms with Gasteiger partial charge in [0.15, 0.2) is 6.79 Å². The molecule has 0 aromatic heterocycles. The van der Waals surface area contributed by atoms with Crippen molar-refractivity contribution in [3.63, 3.8) is 0 Å². The highest BCUT2D eigenvalue weighted by atomic mass is 16.7. The van der Waals surface area contributed by atoms with Gasteiger partial charge in [0, 0.05) is 7.11 Å². The average molecular weight is 268 g/mol. The summed E-state index contributed by atoms with van der Waals surface area (Å²) in [6.45, 7) is 5.43. The lowest BCUT2D eigenvalue weighted by atomic mass is 9.99. The summed E-state index contributed by atoms with van der Waals surface area (Å²) in [6.07, 6.45) is 0.298. The van der Waals surface area contributed by atoms with Gasteiger partial charge in [-0.05, 0) is 30.0 Å². The lowest BCUT2D eigenvalue weighted by Crippen LogP contribution is -2.08. The van der Waals surface area contributed by atoms with Crippen LogP contribution in [-0.4, -0.2) is 32.2 Å². The van der Waals surface area contributed by atoms with Crippen LogP contribution in [0, 0.1) is 5.92 Å². The quantitative estimate of drug-likeness (QED) is 0.552. The normalized spacial score (nSPS) is 12.7.